The second kappa shape index (κ2) is 8.37. The van der Waals surface area contributed by atoms with Gasteiger partial charge in [-0.15, -0.1) is 0 Å². The van der Waals surface area contributed by atoms with Crippen molar-refractivity contribution in [1.82, 2.24) is 5.32 Å². The molecule has 4 nitrogen and oxygen atoms in total. The Morgan fingerprint density at radius 1 is 1.38 bits per heavy atom. The topological polar surface area (TPSA) is 47.6 Å². The molecule has 1 amide bonds. The first-order valence-corrected chi connectivity index (χ1v) is 9.66. The third-order valence-corrected chi connectivity index (χ3v) is 6.20. The lowest BCUT2D eigenvalue weighted by atomic mass is 9.56. The molecular formula is C20H35NO3. The lowest BCUT2D eigenvalue weighted by molar-refractivity contribution is -0.164. The fraction of sp³-hybridized carbons (Fsp3) is 0.850. The summed E-state index contributed by atoms with van der Waals surface area (Å²) in [6, 6.07) is 0. The maximum Gasteiger partial charge on any atom is 0.407 e. The van der Waals surface area contributed by atoms with Crippen molar-refractivity contribution in [3.63, 3.8) is 0 Å². The van der Waals surface area contributed by atoms with Crippen LogP contribution in [-0.2, 0) is 9.47 Å². The molecule has 1 aliphatic heterocycles. The third kappa shape index (κ3) is 3.79. The van der Waals surface area contributed by atoms with Gasteiger partial charge in [-0.05, 0) is 31.6 Å². The molecule has 5 atom stereocenters. The van der Waals surface area contributed by atoms with Crippen molar-refractivity contribution in [1.29, 1.82) is 0 Å². The van der Waals surface area contributed by atoms with Gasteiger partial charge in [-0.3, -0.25) is 0 Å². The van der Waals surface area contributed by atoms with Crippen LogP contribution >= 0.6 is 0 Å². The predicted molar refractivity (Wildman–Crippen MR) is 96.9 cm³/mol. The fourth-order valence-corrected chi connectivity index (χ4v) is 4.55. The Morgan fingerprint density at radius 3 is 2.79 bits per heavy atom. The van der Waals surface area contributed by atoms with E-state index >= 15 is 0 Å². The molecule has 1 fully saturated rings. The summed E-state index contributed by atoms with van der Waals surface area (Å²) in [6.07, 6.45) is 6.68. The number of hydrogen-bond acceptors (Lipinski definition) is 3. The zero-order valence-electron chi connectivity index (χ0n) is 16.1. The van der Waals surface area contributed by atoms with Crippen LogP contribution in [0.1, 0.15) is 60.3 Å². The van der Waals surface area contributed by atoms with Crippen molar-refractivity contribution in [3.8, 4) is 0 Å². The van der Waals surface area contributed by atoms with Crippen molar-refractivity contribution in [2.75, 3.05) is 19.8 Å². The number of alkyl carbamates (subject to hydrolysis) is 1. The first-order valence-electron chi connectivity index (χ1n) is 9.66. The molecule has 0 unspecified atom stereocenters. The smallest absolute Gasteiger partial charge is 0.407 e. The molecule has 24 heavy (non-hydrogen) atoms. The molecule has 1 aliphatic carbocycles. The van der Waals surface area contributed by atoms with Crippen molar-refractivity contribution in [2.45, 2.75) is 66.4 Å². The minimum Gasteiger partial charge on any atom is -0.449 e. The van der Waals surface area contributed by atoms with Gasteiger partial charge in [0.2, 0.25) is 0 Å². The highest BCUT2D eigenvalue weighted by atomic mass is 16.6. The molecular weight excluding hydrogens is 302 g/mol. The number of carbonyl (C=O) groups excluding carboxylic acids is 1. The van der Waals surface area contributed by atoms with Crippen molar-refractivity contribution >= 4 is 6.09 Å². The number of carbonyl (C=O) groups is 1. The summed E-state index contributed by atoms with van der Waals surface area (Å²) in [5.41, 5.74) is 1.34. The van der Waals surface area contributed by atoms with Crippen LogP contribution in [0.2, 0.25) is 0 Å². The van der Waals surface area contributed by atoms with Gasteiger partial charge in [0.05, 0.1) is 12.7 Å². The number of ether oxygens (including phenoxy) is 2. The van der Waals surface area contributed by atoms with E-state index in [1.807, 2.05) is 0 Å². The third-order valence-electron chi connectivity index (χ3n) is 6.20. The number of hydrogen-bond donors (Lipinski definition) is 1. The maximum atomic E-state index is 12.0. The number of fused-ring (bicyclic) bond motifs is 2. The molecule has 0 aromatic heterocycles. The van der Waals surface area contributed by atoms with Gasteiger partial charge in [-0.1, -0.05) is 52.2 Å². The van der Waals surface area contributed by atoms with Gasteiger partial charge in [0, 0.05) is 17.9 Å². The van der Waals surface area contributed by atoms with E-state index in [4.69, 9.17) is 9.47 Å². The summed E-state index contributed by atoms with van der Waals surface area (Å²) in [4.78, 5) is 12.0. The van der Waals surface area contributed by atoms with E-state index in [-0.39, 0.29) is 11.5 Å². The lowest BCUT2D eigenvalue weighted by Gasteiger charge is -2.55. The van der Waals surface area contributed by atoms with Crippen molar-refractivity contribution in [3.05, 3.63) is 11.6 Å². The highest BCUT2D eigenvalue weighted by Gasteiger charge is 2.53. The van der Waals surface area contributed by atoms with Crippen molar-refractivity contribution < 1.29 is 14.3 Å². The molecule has 0 spiro atoms. The number of allylic oxidation sites excluding steroid dienone is 1. The maximum absolute atomic E-state index is 12.0. The number of rotatable bonds is 7. The van der Waals surface area contributed by atoms with Gasteiger partial charge < -0.3 is 14.8 Å². The first kappa shape index (κ1) is 19.3. The van der Waals surface area contributed by atoms with Crippen LogP contribution in [0.15, 0.2) is 11.6 Å². The Balaban J connectivity index is 2.06. The molecule has 2 rings (SSSR count). The Labute approximate surface area is 147 Å². The summed E-state index contributed by atoms with van der Waals surface area (Å²) in [5, 5.41) is 2.84. The molecule has 0 saturated carbocycles. The molecule has 0 radical (unpaired) electrons. The summed E-state index contributed by atoms with van der Waals surface area (Å²) in [6.45, 7) is 12.9. The van der Waals surface area contributed by atoms with Gasteiger partial charge in [-0.25, -0.2) is 4.79 Å². The molecule has 1 heterocycles. The van der Waals surface area contributed by atoms with E-state index in [1.165, 1.54) is 5.57 Å². The van der Waals surface area contributed by atoms with Gasteiger partial charge in [0.25, 0.3) is 0 Å². The summed E-state index contributed by atoms with van der Waals surface area (Å²) < 4.78 is 11.9. The average Bonchev–Trinajstić information content (AvgIpc) is 2.53. The minimum absolute atomic E-state index is 0.101. The minimum atomic E-state index is -0.296. The first-order chi connectivity index (χ1) is 11.5. The summed E-state index contributed by atoms with van der Waals surface area (Å²) >= 11 is 0. The Bertz CT molecular complexity index is 462. The van der Waals surface area contributed by atoms with Crippen LogP contribution in [0.4, 0.5) is 4.79 Å². The Kier molecular flexibility index (Phi) is 6.73. The molecule has 2 bridgehead atoms. The van der Waals surface area contributed by atoms with Gasteiger partial charge in [0.1, 0.15) is 6.61 Å². The zero-order chi connectivity index (χ0) is 17.7. The Morgan fingerprint density at radius 2 is 2.12 bits per heavy atom. The molecule has 1 saturated heterocycles. The molecule has 0 aromatic rings. The number of amides is 1. The van der Waals surface area contributed by atoms with E-state index in [0.29, 0.717) is 43.6 Å². The van der Waals surface area contributed by atoms with E-state index in [9.17, 15) is 4.79 Å². The highest BCUT2D eigenvalue weighted by Crippen LogP contribution is 2.53. The van der Waals surface area contributed by atoms with Crippen LogP contribution < -0.4 is 5.32 Å². The molecule has 4 heteroatoms. The predicted octanol–water partition coefficient (Wildman–Crippen LogP) is 4.55. The van der Waals surface area contributed by atoms with E-state index in [2.05, 4.69) is 46.0 Å². The van der Waals surface area contributed by atoms with Crippen LogP contribution in [0.25, 0.3) is 0 Å². The SMILES string of the molecule is CCCCNC(=O)OC[C@]12CO[C@H](CCC)[C@H](C(C)=C[C@@H]1C)[C@@H]2C. The van der Waals surface area contributed by atoms with Crippen molar-refractivity contribution in [2.24, 2.45) is 23.2 Å². The Hall–Kier alpha value is -1.03. The van der Waals surface area contributed by atoms with Gasteiger partial charge >= 0.3 is 6.09 Å². The van der Waals surface area contributed by atoms with Crippen LogP contribution in [-0.4, -0.2) is 32.0 Å². The molecule has 0 aromatic carbocycles. The number of unbranched alkanes of at least 4 members (excludes halogenated alkanes) is 1. The van der Waals surface area contributed by atoms with Gasteiger partial charge in [-0.2, -0.15) is 0 Å². The monoisotopic (exact) mass is 337 g/mol. The second-order valence-corrected chi connectivity index (χ2v) is 7.74. The summed E-state index contributed by atoms with van der Waals surface area (Å²) in [5.74, 6) is 1.27. The highest BCUT2D eigenvalue weighted by molar-refractivity contribution is 5.67. The van der Waals surface area contributed by atoms with E-state index in [1.54, 1.807) is 0 Å². The zero-order valence-corrected chi connectivity index (χ0v) is 16.1. The standard InChI is InChI=1S/C20H35NO3/c1-6-8-10-21-19(22)24-13-20-12-23-17(9-7-2)18(16(20)5)14(3)11-15(20)4/h11,15-18H,6-10,12-13H2,1-5H3,(H,21,22)/t15-,16-,17+,18+,20+/m0/s1. The second-order valence-electron chi connectivity index (χ2n) is 7.74. The normalized spacial score (nSPS) is 35.3. The van der Waals surface area contributed by atoms with E-state index < -0.39 is 0 Å². The molecule has 138 valence electrons. The molecule has 1 N–H and O–H groups in total. The van der Waals surface area contributed by atoms with E-state index in [0.717, 1.165) is 25.7 Å². The number of nitrogens with one attached hydrogen (secondary N) is 1. The van der Waals surface area contributed by atoms with Gasteiger partial charge in [0.15, 0.2) is 0 Å². The van der Waals surface area contributed by atoms with Crippen LogP contribution in [0, 0.1) is 23.2 Å². The molecule has 2 aliphatic rings. The lowest BCUT2D eigenvalue weighted by Crippen LogP contribution is -2.57. The van der Waals surface area contributed by atoms with Crippen LogP contribution in [0.3, 0.4) is 0 Å². The fourth-order valence-electron chi connectivity index (χ4n) is 4.55. The van der Waals surface area contributed by atoms with Crippen LogP contribution in [0.5, 0.6) is 0 Å². The quantitative estimate of drug-likeness (QED) is 0.548. The summed E-state index contributed by atoms with van der Waals surface area (Å²) in [7, 11) is 0. The largest absolute Gasteiger partial charge is 0.449 e. The average molecular weight is 338 g/mol.